The average Bonchev–Trinajstić information content (AvgIpc) is 3.46. The van der Waals surface area contributed by atoms with Crippen molar-refractivity contribution in [1.82, 2.24) is 39.0 Å². The predicted octanol–water partition coefficient (Wildman–Crippen LogP) is 2.75. The van der Waals surface area contributed by atoms with Gasteiger partial charge in [-0.15, -0.1) is 0 Å². The van der Waals surface area contributed by atoms with Gasteiger partial charge in [-0.1, -0.05) is 0 Å². The summed E-state index contributed by atoms with van der Waals surface area (Å²) in [5.41, 5.74) is -0.480. The van der Waals surface area contributed by atoms with E-state index >= 15 is 0 Å². The Hall–Kier alpha value is -3.95. The van der Waals surface area contributed by atoms with E-state index in [1.54, 1.807) is 0 Å². The molecule has 0 saturated carbocycles. The predicted molar refractivity (Wildman–Crippen MR) is 125 cm³/mol. The van der Waals surface area contributed by atoms with Crippen molar-refractivity contribution in [3.05, 3.63) is 70.3 Å². The Morgan fingerprint density at radius 2 is 1.24 bits per heavy atom. The first kappa shape index (κ1) is 27.1. The number of fused-ring (bicyclic) bond motifs is 2. The summed E-state index contributed by atoms with van der Waals surface area (Å²) in [6.45, 7) is -0.00234. The van der Waals surface area contributed by atoms with Crippen LogP contribution in [0, 0.1) is 0 Å². The average molecular weight is 558 g/mol. The van der Waals surface area contributed by atoms with Gasteiger partial charge in [-0.25, -0.2) is 19.9 Å². The van der Waals surface area contributed by atoms with Crippen molar-refractivity contribution in [1.29, 1.82) is 0 Å². The summed E-state index contributed by atoms with van der Waals surface area (Å²) in [6, 6.07) is 0. The molecule has 4 aromatic heterocycles. The minimum absolute atomic E-state index is 0.00117. The first-order valence-electron chi connectivity index (χ1n) is 10.9. The largest absolute Gasteiger partial charge is 0.320 e. The van der Waals surface area contributed by atoms with Crippen molar-refractivity contribution >= 4 is 30.6 Å². The zero-order valence-electron chi connectivity index (χ0n) is 19.2. The summed E-state index contributed by atoms with van der Waals surface area (Å²) in [4.78, 5) is 44.0. The first-order chi connectivity index (χ1) is 18.2. The van der Waals surface area contributed by atoms with Crippen molar-refractivity contribution in [2.45, 2.75) is 38.1 Å². The summed E-state index contributed by atoms with van der Waals surface area (Å²) >= 11 is 0. The highest BCUT2D eigenvalue weighted by atomic mass is 31.1. The van der Waals surface area contributed by atoms with E-state index in [0.717, 1.165) is 12.7 Å². The van der Waals surface area contributed by atoms with E-state index in [1.165, 1.54) is 21.8 Å². The number of rotatable bonds is 12. The Morgan fingerprint density at radius 3 is 1.63 bits per heavy atom. The van der Waals surface area contributed by atoms with E-state index in [-0.39, 0.29) is 48.3 Å². The quantitative estimate of drug-likeness (QED) is 0.197. The molecule has 2 N–H and O–H groups in total. The normalized spacial score (nSPS) is 13.9. The minimum Gasteiger partial charge on any atom is -0.315 e. The Balaban J connectivity index is 1.41. The van der Waals surface area contributed by atoms with Crippen molar-refractivity contribution in [2.75, 3.05) is 0 Å². The highest BCUT2D eigenvalue weighted by Crippen LogP contribution is 2.32. The molecule has 13 nitrogen and oxygen atoms in total. The molecular formula is C20H19F4N8O5P. The number of hydrogen-bond acceptors (Lipinski definition) is 9. The van der Waals surface area contributed by atoms with E-state index in [1.807, 2.05) is 0 Å². The number of aromatic nitrogens is 8. The standard InChI is InChI=1S/C20H19F4N8O5P/c21-13(22)5-11(1-3-31-9-29-15-17(31)25-7-27-19(15)33)36-38(35)37-12(6-14(23)24)2-4-32-10-30-16-18(32)26-8-28-20(16)34/h5-12,38H,1-4H2,(H,25,27,33)(H,26,28,34). The lowest BCUT2D eigenvalue weighted by molar-refractivity contribution is 0.150. The highest BCUT2D eigenvalue weighted by Gasteiger charge is 2.19. The second-order valence-electron chi connectivity index (χ2n) is 7.74. The van der Waals surface area contributed by atoms with Crippen LogP contribution in [-0.4, -0.2) is 51.2 Å². The van der Waals surface area contributed by atoms with E-state index in [0.29, 0.717) is 12.2 Å². The molecule has 0 aliphatic carbocycles. The van der Waals surface area contributed by atoms with Gasteiger partial charge in [-0.3, -0.25) is 14.2 Å². The molecule has 0 aliphatic rings. The molecule has 2 unspecified atom stereocenters. The van der Waals surface area contributed by atoms with Gasteiger partial charge < -0.3 is 28.1 Å². The van der Waals surface area contributed by atoms with Crippen LogP contribution < -0.4 is 11.1 Å². The topological polar surface area (TPSA) is 163 Å². The lowest BCUT2D eigenvalue weighted by Crippen LogP contribution is -2.15. The van der Waals surface area contributed by atoms with Crippen molar-refractivity contribution < 1.29 is 31.2 Å². The lowest BCUT2D eigenvalue weighted by atomic mass is 10.2. The Kier molecular flexibility index (Phi) is 8.60. The molecule has 0 bridgehead atoms. The van der Waals surface area contributed by atoms with E-state index in [2.05, 4.69) is 29.9 Å². The Bertz CT molecular complexity index is 1500. The summed E-state index contributed by atoms with van der Waals surface area (Å²) in [7, 11) is -3.55. The van der Waals surface area contributed by atoms with Gasteiger partial charge in [0.05, 0.1) is 37.5 Å². The second kappa shape index (κ2) is 12.1. The van der Waals surface area contributed by atoms with Gasteiger partial charge >= 0.3 is 8.25 Å². The van der Waals surface area contributed by atoms with Gasteiger partial charge in [0.1, 0.15) is 0 Å². The van der Waals surface area contributed by atoms with Crippen LogP contribution >= 0.6 is 8.25 Å². The van der Waals surface area contributed by atoms with Crippen molar-refractivity contribution in [2.24, 2.45) is 0 Å². The third-order valence-corrected chi connectivity index (χ3v) is 6.23. The van der Waals surface area contributed by atoms with Crippen LogP contribution in [0.25, 0.3) is 22.3 Å². The number of aryl methyl sites for hydroxylation is 2. The van der Waals surface area contributed by atoms with Crippen LogP contribution in [0.3, 0.4) is 0 Å². The fourth-order valence-electron chi connectivity index (χ4n) is 3.55. The van der Waals surface area contributed by atoms with E-state index in [9.17, 15) is 31.7 Å². The Labute approximate surface area is 209 Å². The molecule has 4 heterocycles. The number of aromatic amines is 2. The van der Waals surface area contributed by atoms with Crippen LogP contribution in [0.5, 0.6) is 0 Å². The van der Waals surface area contributed by atoms with Gasteiger partial charge in [-0.05, 0) is 12.8 Å². The van der Waals surface area contributed by atoms with E-state index in [4.69, 9.17) is 9.05 Å². The van der Waals surface area contributed by atoms with E-state index < -0.39 is 43.7 Å². The SMILES string of the molecule is O=c1[nH]cnc2c1ncn2CCC(C=C(F)F)O[PH](=O)OC(C=C(F)F)CCn1cnc2c(=O)[nH]cnc21. The number of halogens is 4. The molecule has 0 spiro atoms. The lowest BCUT2D eigenvalue weighted by Gasteiger charge is -2.18. The highest BCUT2D eigenvalue weighted by molar-refractivity contribution is 7.33. The fraction of sp³-hybridized carbons (Fsp3) is 0.300. The summed E-state index contributed by atoms with van der Waals surface area (Å²) in [5, 5.41) is 0. The molecule has 4 rings (SSSR count). The third kappa shape index (κ3) is 6.67. The van der Waals surface area contributed by atoms with Crippen molar-refractivity contribution in [3.63, 3.8) is 0 Å². The summed E-state index contributed by atoms with van der Waals surface area (Å²) < 4.78 is 77.6. The zero-order chi connectivity index (χ0) is 27.2. The molecule has 0 fully saturated rings. The molecule has 0 amide bonds. The second-order valence-corrected chi connectivity index (χ2v) is 8.71. The Morgan fingerprint density at radius 1 is 0.816 bits per heavy atom. The minimum atomic E-state index is -3.55. The molecule has 18 heteroatoms. The molecule has 0 radical (unpaired) electrons. The van der Waals surface area contributed by atoms with Crippen molar-refractivity contribution in [3.8, 4) is 0 Å². The summed E-state index contributed by atoms with van der Waals surface area (Å²) in [6.07, 6.45) is -1.68. The van der Waals surface area contributed by atoms with Gasteiger partial charge in [0, 0.05) is 25.2 Å². The zero-order valence-corrected chi connectivity index (χ0v) is 20.2. The number of H-pyrrole nitrogens is 2. The van der Waals surface area contributed by atoms with Gasteiger partial charge in [0.25, 0.3) is 23.3 Å². The molecule has 0 aromatic carbocycles. The molecular weight excluding hydrogens is 539 g/mol. The monoisotopic (exact) mass is 558 g/mol. The summed E-state index contributed by atoms with van der Waals surface area (Å²) in [5.74, 6) is 0. The fourth-order valence-corrected chi connectivity index (χ4v) is 4.47. The third-order valence-electron chi connectivity index (χ3n) is 5.24. The molecule has 202 valence electrons. The smallest absolute Gasteiger partial charge is 0.315 e. The maximum absolute atomic E-state index is 13.0. The number of hydrogen-bond donors (Lipinski definition) is 2. The van der Waals surface area contributed by atoms with Crippen LogP contribution in [0.4, 0.5) is 17.6 Å². The first-order valence-corrected chi connectivity index (χ1v) is 12.1. The van der Waals surface area contributed by atoms with Crippen LogP contribution in [0.1, 0.15) is 12.8 Å². The van der Waals surface area contributed by atoms with Crippen LogP contribution in [0.2, 0.25) is 0 Å². The molecule has 38 heavy (non-hydrogen) atoms. The maximum Gasteiger partial charge on any atom is 0.320 e. The maximum atomic E-state index is 13.0. The number of imidazole rings is 2. The van der Waals surface area contributed by atoms with Gasteiger partial charge in [0.2, 0.25) is 0 Å². The number of nitrogens with zero attached hydrogens (tertiary/aromatic N) is 6. The van der Waals surface area contributed by atoms with Crippen LogP contribution in [-0.2, 0) is 26.7 Å². The molecule has 0 saturated heterocycles. The van der Waals surface area contributed by atoms with Gasteiger partial charge in [0.15, 0.2) is 22.3 Å². The van der Waals surface area contributed by atoms with Crippen LogP contribution in [0.15, 0.2) is 59.2 Å². The molecule has 4 aromatic rings. The molecule has 2 atom stereocenters. The van der Waals surface area contributed by atoms with Gasteiger partial charge in [-0.2, -0.15) is 17.6 Å². The number of nitrogens with one attached hydrogen (secondary N) is 2. The molecule has 0 aliphatic heterocycles.